The molecule has 0 bridgehead atoms. The number of nitrogens with zero attached hydrogens (tertiary/aromatic N) is 3. The van der Waals surface area contributed by atoms with Gasteiger partial charge in [0.15, 0.2) is 23.6 Å². The molecule has 2 atom stereocenters. The molecule has 0 aliphatic carbocycles. The Morgan fingerprint density at radius 3 is 2.48 bits per heavy atom. The molecule has 0 spiro atoms. The van der Waals surface area contributed by atoms with E-state index in [1.165, 1.54) is 4.57 Å². The Balaban J connectivity index is 1.82. The fraction of sp³-hybridized carbons (Fsp3) is 0.348. The quantitative estimate of drug-likeness (QED) is 0.606. The zero-order valence-corrected chi connectivity index (χ0v) is 18.0. The van der Waals surface area contributed by atoms with Crippen molar-refractivity contribution in [3.05, 3.63) is 64.2 Å². The Morgan fingerprint density at radius 1 is 1.03 bits per heavy atom. The normalized spacial score (nSPS) is 18.2. The Bertz CT molecular complexity index is 1190. The van der Waals surface area contributed by atoms with Crippen molar-refractivity contribution in [2.24, 2.45) is 0 Å². The first-order valence-corrected chi connectivity index (χ1v) is 10.1. The molecule has 4 rings (SSSR count). The van der Waals surface area contributed by atoms with Gasteiger partial charge in [0.1, 0.15) is 6.04 Å². The fourth-order valence-electron chi connectivity index (χ4n) is 3.98. The van der Waals surface area contributed by atoms with Crippen molar-refractivity contribution in [3.8, 4) is 11.5 Å². The molecule has 1 aliphatic rings. The van der Waals surface area contributed by atoms with E-state index < -0.39 is 12.3 Å². The molecule has 8 heteroatoms. The van der Waals surface area contributed by atoms with Crippen molar-refractivity contribution in [2.75, 3.05) is 20.8 Å². The van der Waals surface area contributed by atoms with Crippen LogP contribution < -0.4 is 15.0 Å². The molecule has 8 nitrogen and oxygen atoms in total. The van der Waals surface area contributed by atoms with Crippen LogP contribution in [0.25, 0.3) is 10.9 Å². The number of methoxy groups -OCH3 is 2. The third-order valence-electron chi connectivity index (χ3n) is 5.49. The van der Waals surface area contributed by atoms with Gasteiger partial charge in [-0.1, -0.05) is 18.2 Å². The number of carbonyl (C=O) groups is 1. The summed E-state index contributed by atoms with van der Waals surface area (Å²) in [4.78, 5) is 32.8. The number of ether oxygens (including phenoxy) is 3. The van der Waals surface area contributed by atoms with E-state index in [-0.39, 0.29) is 18.0 Å². The second kappa shape index (κ2) is 8.39. The molecule has 0 N–H and O–H groups in total. The lowest BCUT2D eigenvalue weighted by Gasteiger charge is -2.39. The molecule has 1 amide bonds. The highest BCUT2D eigenvalue weighted by Crippen LogP contribution is 2.34. The number of fused-ring (bicyclic) bond motifs is 2. The summed E-state index contributed by atoms with van der Waals surface area (Å²) in [7, 11) is 3.14. The summed E-state index contributed by atoms with van der Waals surface area (Å²) >= 11 is 0. The van der Waals surface area contributed by atoms with Crippen LogP contribution in [0.15, 0.2) is 47.3 Å². The highest BCUT2D eigenvalue weighted by Gasteiger charge is 2.40. The minimum absolute atomic E-state index is 0.208. The van der Waals surface area contributed by atoms with E-state index in [0.717, 1.165) is 5.56 Å². The van der Waals surface area contributed by atoms with Gasteiger partial charge in [0.05, 0.1) is 25.1 Å². The third kappa shape index (κ3) is 3.53. The summed E-state index contributed by atoms with van der Waals surface area (Å²) in [6.07, 6.45) is -0.779. The van der Waals surface area contributed by atoms with Crippen LogP contribution in [-0.4, -0.2) is 41.2 Å². The molecule has 0 saturated heterocycles. The maximum Gasteiger partial charge on any atom is 0.262 e. The molecule has 0 radical (unpaired) electrons. The van der Waals surface area contributed by atoms with E-state index >= 15 is 0 Å². The highest BCUT2D eigenvalue weighted by molar-refractivity contribution is 5.83. The summed E-state index contributed by atoms with van der Waals surface area (Å²) in [6.45, 7) is 4.20. The van der Waals surface area contributed by atoms with E-state index in [4.69, 9.17) is 19.2 Å². The molecule has 2 heterocycles. The fourth-order valence-corrected chi connectivity index (χ4v) is 3.98. The predicted molar refractivity (Wildman–Crippen MR) is 115 cm³/mol. The van der Waals surface area contributed by atoms with Crippen LogP contribution in [0, 0.1) is 0 Å². The average Bonchev–Trinajstić information content (AvgIpc) is 2.79. The summed E-state index contributed by atoms with van der Waals surface area (Å²) in [5.74, 6) is 1.40. The van der Waals surface area contributed by atoms with Crippen molar-refractivity contribution < 1.29 is 19.0 Å². The van der Waals surface area contributed by atoms with E-state index in [2.05, 4.69) is 0 Å². The van der Waals surface area contributed by atoms with Gasteiger partial charge in [-0.25, -0.2) is 4.98 Å². The lowest BCUT2D eigenvalue weighted by Crippen LogP contribution is -2.49. The van der Waals surface area contributed by atoms with Crippen LogP contribution >= 0.6 is 0 Å². The summed E-state index contributed by atoms with van der Waals surface area (Å²) in [6, 6.07) is 11.9. The minimum Gasteiger partial charge on any atom is -0.493 e. The van der Waals surface area contributed by atoms with Crippen LogP contribution in [-0.2, 0) is 16.1 Å². The van der Waals surface area contributed by atoms with Gasteiger partial charge >= 0.3 is 0 Å². The van der Waals surface area contributed by atoms with Crippen molar-refractivity contribution >= 4 is 16.8 Å². The van der Waals surface area contributed by atoms with Crippen LogP contribution in [0.5, 0.6) is 11.5 Å². The second-order valence-corrected chi connectivity index (χ2v) is 7.30. The number of para-hydroxylation sites is 1. The SMILES string of the molecule is CCO[C@H]1c2nc3ccccc3c(=O)n2[C@@H](C)C(=O)N1Cc1ccc(OC)c(OC)c1. The van der Waals surface area contributed by atoms with Crippen LogP contribution in [0.2, 0.25) is 0 Å². The van der Waals surface area contributed by atoms with Gasteiger partial charge in [0.2, 0.25) is 5.91 Å². The number of benzene rings is 2. The van der Waals surface area contributed by atoms with Crippen LogP contribution in [0.4, 0.5) is 0 Å². The predicted octanol–water partition coefficient (Wildman–Crippen LogP) is 3.05. The van der Waals surface area contributed by atoms with E-state index in [1.54, 1.807) is 50.3 Å². The average molecular weight is 423 g/mol. The van der Waals surface area contributed by atoms with Gasteiger partial charge in [0.25, 0.3) is 5.56 Å². The smallest absolute Gasteiger partial charge is 0.262 e. The third-order valence-corrected chi connectivity index (χ3v) is 5.49. The summed E-state index contributed by atoms with van der Waals surface area (Å²) in [5.41, 5.74) is 1.19. The molecule has 162 valence electrons. The van der Waals surface area contributed by atoms with Gasteiger partial charge in [-0.05, 0) is 43.7 Å². The van der Waals surface area contributed by atoms with Crippen molar-refractivity contribution in [1.29, 1.82) is 0 Å². The zero-order chi connectivity index (χ0) is 22.1. The van der Waals surface area contributed by atoms with Gasteiger partial charge in [-0.15, -0.1) is 0 Å². The number of aromatic nitrogens is 2. The van der Waals surface area contributed by atoms with E-state index in [1.807, 2.05) is 25.1 Å². The number of amides is 1. The summed E-state index contributed by atoms with van der Waals surface area (Å²) in [5, 5.41) is 0.481. The largest absolute Gasteiger partial charge is 0.493 e. The summed E-state index contributed by atoms with van der Waals surface area (Å²) < 4.78 is 18.1. The van der Waals surface area contributed by atoms with Crippen molar-refractivity contribution in [3.63, 3.8) is 0 Å². The molecule has 2 aromatic carbocycles. The van der Waals surface area contributed by atoms with Gasteiger partial charge < -0.3 is 19.1 Å². The molecule has 0 unspecified atom stereocenters. The van der Waals surface area contributed by atoms with E-state index in [0.29, 0.717) is 34.8 Å². The molecule has 0 saturated carbocycles. The number of rotatable bonds is 6. The maximum atomic E-state index is 13.3. The molecule has 0 fully saturated rings. The second-order valence-electron chi connectivity index (χ2n) is 7.30. The Morgan fingerprint density at radius 2 is 1.77 bits per heavy atom. The first kappa shape index (κ1) is 20.9. The molecular formula is C23H25N3O5. The first-order chi connectivity index (χ1) is 15.0. The Labute approximate surface area is 180 Å². The van der Waals surface area contributed by atoms with Crippen LogP contribution in [0.1, 0.15) is 37.5 Å². The van der Waals surface area contributed by atoms with Gasteiger partial charge in [-0.2, -0.15) is 0 Å². The molecule has 1 aliphatic heterocycles. The van der Waals surface area contributed by atoms with Crippen LogP contribution in [0.3, 0.4) is 0 Å². The number of carbonyl (C=O) groups excluding carboxylic acids is 1. The van der Waals surface area contributed by atoms with Crippen molar-refractivity contribution in [2.45, 2.75) is 32.7 Å². The highest BCUT2D eigenvalue weighted by atomic mass is 16.5. The zero-order valence-electron chi connectivity index (χ0n) is 18.0. The number of hydrogen-bond donors (Lipinski definition) is 0. The van der Waals surface area contributed by atoms with Gasteiger partial charge in [-0.3, -0.25) is 14.2 Å². The molecule has 31 heavy (non-hydrogen) atoms. The molecule has 3 aromatic rings. The lowest BCUT2D eigenvalue weighted by atomic mass is 10.1. The standard InChI is InChI=1S/C23H25N3O5/c1-5-31-23-20-24-17-9-7-6-8-16(17)22(28)26(20)14(2)21(27)25(23)13-15-10-11-18(29-3)19(12-15)30-4/h6-12,14,23H,5,13H2,1-4H3/t14-,23-/m0/s1. The minimum atomic E-state index is -0.779. The van der Waals surface area contributed by atoms with E-state index in [9.17, 15) is 9.59 Å². The molecular weight excluding hydrogens is 398 g/mol. The monoisotopic (exact) mass is 423 g/mol. The Hall–Kier alpha value is -3.39. The lowest BCUT2D eigenvalue weighted by molar-refractivity contribution is -0.158. The molecule has 1 aromatic heterocycles. The first-order valence-electron chi connectivity index (χ1n) is 10.1. The number of hydrogen-bond acceptors (Lipinski definition) is 6. The Kier molecular flexibility index (Phi) is 5.65. The van der Waals surface area contributed by atoms with Crippen molar-refractivity contribution in [1.82, 2.24) is 14.5 Å². The van der Waals surface area contributed by atoms with Gasteiger partial charge in [0, 0.05) is 13.2 Å². The topological polar surface area (TPSA) is 82.9 Å². The maximum absolute atomic E-state index is 13.3.